The van der Waals surface area contributed by atoms with Crippen LogP contribution in [0.2, 0.25) is 0 Å². The molecule has 9 aromatic carbocycles. The average Bonchev–Trinajstić information content (AvgIpc) is 3.73. The summed E-state index contributed by atoms with van der Waals surface area (Å²) in [5.41, 5.74) is 2.34. The molecule has 0 atom stereocenters. The first-order valence-electron chi connectivity index (χ1n) is 25.7. The highest BCUT2D eigenvalue weighted by atomic mass is 16.3. The Bertz CT molecular complexity index is 3880. The zero-order chi connectivity index (χ0) is 50.3. The van der Waals surface area contributed by atoms with Gasteiger partial charge >= 0.3 is 0 Å². The smallest absolute Gasteiger partial charge is 0.136 e. The minimum Gasteiger partial charge on any atom is -0.456 e. The van der Waals surface area contributed by atoms with Gasteiger partial charge in [-0.2, -0.15) is 0 Å². The Hall–Kier alpha value is -6.44. The van der Waals surface area contributed by atoms with Crippen LogP contribution >= 0.6 is 0 Å². The summed E-state index contributed by atoms with van der Waals surface area (Å²) in [6.45, 7) is 0. The topological polar surface area (TPSA) is 13.1 Å². The van der Waals surface area contributed by atoms with Gasteiger partial charge in [-0.25, -0.2) is 0 Å². The van der Waals surface area contributed by atoms with Gasteiger partial charge < -0.3 is 4.42 Å². The van der Waals surface area contributed by atoms with Gasteiger partial charge in [-0.15, -0.1) is 0 Å². The lowest BCUT2D eigenvalue weighted by Gasteiger charge is -2.18. The fourth-order valence-electron chi connectivity index (χ4n) is 6.93. The lowest BCUT2D eigenvalue weighted by atomic mass is 9.85. The van der Waals surface area contributed by atoms with Crippen molar-refractivity contribution in [2.24, 2.45) is 0 Å². The van der Waals surface area contributed by atoms with Crippen molar-refractivity contribution >= 4 is 54.3 Å². The molecule has 10 rings (SSSR count). The standard InChI is InChI=1S/C50H34O/c1-3-13-33(14-4-1)29-46-41-19-9-11-21-43(41)47(44-22-12-10-20-42(44)46)30-36-24-26-39(40-18-8-7-17-38(36)40)37-25-28-49-48(31-37)45-27-23-35(32-50(45)51-49)34-15-5-2-6-16-34/h1-28,31-32H,29-30H2/i1D,3D,4D,7D,8D,9D,10D,11D,12D,13D,14D,17D,18D,19D,20D,21D,22D,24D,26D. The Morgan fingerprint density at radius 3 is 1.71 bits per heavy atom. The maximum absolute atomic E-state index is 9.68. The van der Waals surface area contributed by atoms with Crippen molar-refractivity contribution < 1.29 is 30.5 Å². The Kier molecular flexibility index (Phi) is 3.83. The molecule has 1 aromatic heterocycles. The summed E-state index contributed by atoms with van der Waals surface area (Å²) < 4.78 is 176. The molecule has 0 N–H and O–H groups in total. The zero-order valence-electron chi connectivity index (χ0n) is 45.7. The molecular weight excluding hydrogens is 617 g/mol. The van der Waals surface area contributed by atoms with Crippen LogP contribution in [-0.4, -0.2) is 0 Å². The van der Waals surface area contributed by atoms with Gasteiger partial charge in [-0.05, 0) is 114 Å². The van der Waals surface area contributed by atoms with Crippen molar-refractivity contribution in [3.63, 3.8) is 0 Å². The van der Waals surface area contributed by atoms with Gasteiger partial charge in [0.15, 0.2) is 0 Å². The zero-order valence-corrected chi connectivity index (χ0v) is 26.7. The van der Waals surface area contributed by atoms with Crippen molar-refractivity contribution in [1.82, 2.24) is 0 Å². The molecule has 0 aliphatic carbocycles. The van der Waals surface area contributed by atoms with Gasteiger partial charge in [0.2, 0.25) is 0 Å². The predicted octanol–water partition coefficient (Wildman–Crippen LogP) is 13.6. The minimum atomic E-state index is -0.749. The summed E-state index contributed by atoms with van der Waals surface area (Å²) in [5, 5.41) is -0.218. The van der Waals surface area contributed by atoms with Gasteiger partial charge in [0.05, 0.1) is 26.0 Å². The monoisotopic (exact) mass is 669 g/mol. The summed E-state index contributed by atoms with van der Waals surface area (Å²) >= 11 is 0. The quantitative estimate of drug-likeness (QED) is 0.161. The van der Waals surface area contributed by atoms with Crippen molar-refractivity contribution in [3.05, 3.63) is 204 Å². The van der Waals surface area contributed by atoms with Crippen LogP contribution in [0, 0.1) is 0 Å². The van der Waals surface area contributed by atoms with E-state index in [1.54, 1.807) is 18.2 Å². The number of rotatable bonds is 6. The van der Waals surface area contributed by atoms with Crippen molar-refractivity contribution in [2.75, 3.05) is 0 Å². The summed E-state index contributed by atoms with van der Waals surface area (Å²) in [7, 11) is 0. The molecule has 0 aliphatic heterocycles. The predicted molar refractivity (Wildman–Crippen MR) is 216 cm³/mol. The van der Waals surface area contributed by atoms with Gasteiger partial charge in [-0.3, -0.25) is 0 Å². The molecule has 0 fully saturated rings. The molecule has 1 heterocycles. The van der Waals surface area contributed by atoms with E-state index in [9.17, 15) is 11.0 Å². The first-order valence-corrected chi connectivity index (χ1v) is 16.2. The van der Waals surface area contributed by atoms with Crippen LogP contribution in [0.5, 0.6) is 0 Å². The maximum atomic E-state index is 9.68. The van der Waals surface area contributed by atoms with E-state index in [2.05, 4.69) is 0 Å². The number of furan rings is 1. The lowest BCUT2D eigenvalue weighted by molar-refractivity contribution is 0.669. The largest absolute Gasteiger partial charge is 0.456 e. The van der Waals surface area contributed by atoms with Crippen LogP contribution in [0.15, 0.2) is 186 Å². The normalized spacial score (nSPS) is 16.9. The molecule has 0 bridgehead atoms. The van der Waals surface area contributed by atoms with E-state index in [0.717, 1.165) is 16.5 Å². The number of hydrogen-bond acceptors (Lipinski definition) is 1. The molecule has 0 unspecified atom stereocenters. The van der Waals surface area contributed by atoms with Crippen molar-refractivity contribution in [3.8, 4) is 22.3 Å². The van der Waals surface area contributed by atoms with Gasteiger partial charge in [-0.1, -0.05) is 157 Å². The molecule has 0 aliphatic rings. The summed E-state index contributed by atoms with van der Waals surface area (Å²) in [6, 6.07) is 7.90. The van der Waals surface area contributed by atoms with Gasteiger partial charge in [0, 0.05) is 10.8 Å². The van der Waals surface area contributed by atoms with Gasteiger partial charge in [0.1, 0.15) is 11.2 Å². The van der Waals surface area contributed by atoms with Crippen LogP contribution in [0.1, 0.15) is 48.3 Å². The van der Waals surface area contributed by atoms with Crippen LogP contribution in [0.4, 0.5) is 0 Å². The molecular formula is C50H34O. The number of hydrogen-bond donors (Lipinski definition) is 0. The SMILES string of the molecule is [2H]c1c([2H])c([2H])c(Cc2c3c([2H])c([2H])c([2H])c([2H])c3c(Cc3c([2H])c([2H])c(-c4ccc5oc6cc(-c7ccccc7)ccc6c5c4)c4c([2H])c([2H])c([2H])c([2H])c34)c3c([2H])c([2H])c([2H])c([2H])c23)c([2H])c1[2H]. The Morgan fingerprint density at radius 2 is 1.00 bits per heavy atom. The third-order valence-electron chi connectivity index (χ3n) is 9.29. The lowest BCUT2D eigenvalue weighted by Crippen LogP contribution is -1.99. The molecule has 0 saturated heterocycles. The van der Waals surface area contributed by atoms with Gasteiger partial charge in [0.25, 0.3) is 0 Å². The first-order chi connectivity index (χ1) is 33.2. The number of fused-ring (bicyclic) bond motifs is 6. The second-order valence-electron chi connectivity index (χ2n) is 12.2. The molecule has 1 nitrogen and oxygen atoms in total. The summed E-state index contributed by atoms with van der Waals surface area (Å²) in [5.74, 6) is 0. The van der Waals surface area contributed by atoms with Crippen LogP contribution in [0.25, 0.3) is 76.5 Å². The first kappa shape index (κ1) is 16.1. The Labute approximate surface area is 323 Å². The Balaban J connectivity index is 1.29. The molecule has 0 saturated carbocycles. The van der Waals surface area contributed by atoms with Crippen molar-refractivity contribution in [1.29, 1.82) is 0 Å². The molecule has 1 heteroatoms. The van der Waals surface area contributed by atoms with Crippen LogP contribution in [0.3, 0.4) is 0 Å². The number of benzene rings is 9. The highest BCUT2D eigenvalue weighted by Gasteiger charge is 2.17. The maximum Gasteiger partial charge on any atom is 0.136 e. The molecule has 51 heavy (non-hydrogen) atoms. The van der Waals surface area contributed by atoms with E-state index in [0.29, 0.717) is 22.1 Å². The van der Waals surface area contributed by atoms with E-state index in [1.807, 2.05) is 48.5 Å². The second kappa shape index (κ2) is 12.2. The van der Waals surface area contributed by atoms with Crippen molar-refractivity contribution in [2.45, 2.75) is 12.8 Å². The molecule has 240 valence electrons. The summed E-state index contributed by atoms with van der Waals surface area (Å²) in [4.78, 5) is 0. The third kappa shape index (κ3) is 5.09. The molecule has 10 aromatic rings. The Morgan fingerprint density at radius 1 is 0.392 bits per heavy atom. The van der Waals surface area contributed by atoms with E-state index in [4.69, 9.17) is 19.5 Å². The molecule has 0 amide bonds. The molecule has 0 spiro atoms. The van der Waals surface area contributed by atoms with E-state index >= 15 is 0 Å². The third-order valence-corrected chi connectivity index (χ3v) is 9.29. The van der Waals surface area contributed by atoms with E-state index in [-0.39, 0.29) is 60.1 Å². The fourth-order valence-corrected chi connectivity index (χ4v) is 6.93. The fraction of sp³-hybridized carbons (Fsp3) is 0.0400. The second-order valence-corrected chi connectivity index (χ2v) is 12.2. The minimum absolute atomic E-state index is 0.0135. The average molecular weight is 670 g/mol. The summed E-state index contributed by atoms with van der Waals surface area (Å²) in [6.07, 6.45) is -1.31. The highest BCUT2D eigenvalue weighted by molar-refractivity contribution is 6.10. The van der Waals surface area contributed by atoms with Crippen LogP contribution < -0.4 is 0 Å². The highest BCUT2D eigenvalue weighted by Crippen LogP contribution is 2.40. The van der Waals surface area contributed by atoms with E-state index < -0.39 is 128 Å². The molecule has 0 radical (unpaired) electrons. The van der Waals surface area contributed by atoms with Crippen LogP contribution in [-0.2, 0) is 12.8 Å². The van der Waals surface area contributed by atoms with E-state index in [1.165, 1.54) is 0 Å².